The van der Waals surface area contributed by atoms with Gasteiger partial charge in [-0.3, -0.25) is 4.98 Å². The summed E-state index contributed by atoms with van der Waals surface area (Å²) in [5.41, 5.74) is -1.04. The highest BCUT2D eigenvalue weighted by Crippen LogP contribution is 2.45. The zero-order chi connectivity index (χ0) is 11.7. The number of nitrogens with zero attached hydrogens (tertiary/aromatic N) is 1. The maximum Gasteiger partial charge on any atom is 0.406 e. The predicted molar refractivity (Wildman–Crippen MR) is 39.1 cm³/mol. The first kappa shape index (κ1) is 11.8. The minimum atomic E-state index is -5.38. The molecule has 1 nitrogen and oxygen atoms in total. The highest BCUT2D eigenvalue weighted by molar-refractivity contribution is 5.13. The number of hydrogen-bond acceptors (Lipinski definition) is 1. The highest BCUT2D eigenvalue weighted by atomic mass is 19.4. The quantitative estimate of drug-likeness (QED) is 0.673. The van der Waals surface area contributed by atoms with E-state index < -0.39 is 24.0 Å². The van der Waals surface area contributed by atoms with Gasteiger partial charge in [-0.1, -0.05) is 6.07 Å². The standard InChI is InChI=1S/C8H5F6N/c9-7(10,11)6(8(12,13)14)5-3-1-2-4-15-5/h1-4,6H. The van der Waals surface area contributed by atoms with Gasteiger partial charge in [0.15, 0.2) is 5.92 Å². The average Bonchev–Trinajstić information content (AvgIpc) is 2.00. The van der Waals surface area contributed by atoms with Gasteiger partial charge in [-0.15, -0.1) is 0 Å². The van der Waals surface area contributed by atoms with E-state index >= 15 is 0 Å². The zero-order valence-electron chi connectivity index (χ0n) is 7.10. The summed E-state index contributed by atoms with van der Waals surface area (Å²) in [5, 5.41) is 0. The molecule has 0 radical (unpaired) electrons. The van der Waals surface area contributed by atoms with Crippen molar-refractivity contribution in [1.29, 1.82) is 0 Å². The molecule has 1 aromatic rings. The lowest BCUT2D eigenvalue weighted by Gasteiger charge is -2.22. The van der Waals surface area contributed by atoms with E-state index in [-0.39, 0.29) is 0 Å². The van der Waals surface area contributed by atoms with E-state index in [4.69, 9.17) is 0 Å². The predicted octanol–water partition coefficient (Wildman–Crippen LogP) is 3.29. The fraction of sp³-hybridized carbons (Fsp3) is 0.375. The Bertz CT molecular complexity index is 300. The van der Waals surface area contributed by atoms with Crippen molar-refractivity contribution in [3.05, 3.63) is 30.1 Å². The molecule has 0 aliphatic carbocycles. The minimum Gasteiger partial charge on any atom is -0.260 e. The summed E-state index contributed by atoms with van der Waals surface area (Å²) in [5.74, 6) is -3.52. The van der Waals surface area contributed by atoms with Gasteiger partial charge in [0.1, 0.15) is 0 Å². The summed E-state index contributed by atoms with van der Waals surface area (Å²) >= 11 is 0. The number of halogens is 6. The molecule has 84 valence electrons. The molecule has 0 aliphatic heterocycles. The minimum absolute atomic E-state index is 0.700. The molecule has 0 fully saturated rings. The van der Waals surface area contributed by atoms with Crippen molar-refractivity contribution < 1.29 is 26.3 Å². The van der Waals surface area contributed by atoms with Crippen molar-refractivity contribution in [2.75, 3.05) is 0 Å². The first-order chi connectivity index (χ1) is 6.73. The fourth-order valence-corrected chi connectivity index (χ4v) is 1.07. The lowest BCUT2D eigenvalue weighted by atomic mass is 10.0. The maximum atomic E-state index is 12.1. The second kappa shape index (κ2) is 3.71. The van der Waals surface area contributed by atoms with E-state index in [2.05, 4.69) is 4.98 Å². The average molecular weight is 229 g/mol. The SMILES string of the molecule is FC(F)(F)C(c1ccccn1)C(F)(F)F. The zero-order valence-corrected chi connectivity index (χ0v) is 7.10. The van der Waals surface area contributed by atoms with Gasteiger partial charge in [0, 0.05) is 6.20 Å². The molecule has 1 heterocycles. The second-order valence-corrected chi connectivity index (χ2v) is 2.77. The Morgan fingerprint density at radius 3 is 1.80 bits per heavy atom. The number of pyridine rings is 1. The molecule has 0 N–H and O–H groups in total. The van der Waals surface area contributed by atoms with Crippen LogP contribution in [0.2, 0.25) is 0 Å². The molecule has 0 saturated heterocycles. The third-order valence-corrected chi connectivity index (χ3v) is 1.64. The summed E-state index contributed by atoms with van der Waals surface area (Å²) in [4.78, 5) is 3.07. The van der Waals surface area contributed by atoms with Crippen molar-refractivity contribution in [2.45, 2.75) is 18.3 Å². The van der Waals surface area contributed by atoms with Gasteiger partial charge in [-0.05, 0) is 12.1 Å². The van der Waals surface area contributed by atoms with Crippen LogP contribution in [0.5, 0.6) is 0 Å². The Morgan fingerprint density at radius 2 is 1.47 bits per heavy atom. The third-order valence-electron chi connectivity index (χ3n) is 1.64. The van der Waals surface area contributed by atoms with Crippen LogP contribution in [-0.2, 0) is 0 Å². The van der Waals surface area contributed by atoms with Crippen LogP contribution in [0.4, 0.5) is 26.3 Å². The largest absolute Gasteiger partial charge is 0.406 e. The summed E-state index contributed by atoms with van der Waals surface area (Å²) in [6, 6.07) is 3.02. The molecular weight excluding hydrogens is 224 g/mol. The summed E-state index contributed by atoms with van der Waals surface area (Å²) in [6.45, 7) is 0. The van der Waals surface area contributed by atoms with Crippen molar-refractivity contribution in [3.63, 3.8) is 0 Å². The Labute approximate surface area is 80.7 Å². The Kier molecular flexibility index (Phi) is 2.92. The van der Waals surface area contributed by atoms with E-state index in [1.807, 2.05) is 0 Å². The molecule has 0 saturated carbocycles. The molecule has 0 aliphatic rings. The van der Waals surface area contributed by atoms with Gasteiger partial charge in [-0.2, -0.15) is 26.3 Å². The van der Waals surface area contributed by atoms with E-state index in [9.17, 15) is 26.3 Å². The van der Waals surface area contributed by atoms with Crippen molar-refractivity contribution in [3.8, 4) is 0 Å². The van der Waals surface area contributed by atoms with Gasteiger partial charge in [0.25, 0.3) is 0 Å². The van der Waals surface area contributed by atoms with Crippen molar-refractivity contribution >= 4 is 0 Å². The normalized spacial score (nSPS) is 13.3. The molecule has 0 atom stereocenters. The molecule has 0 bridgehead atoms. The first-order valence-electron chi connectivity index (χ1n) is 3.77. The number of hydrogen-bond donors (Lipinski definition) is 0. The molecule has 0 spiro atoms. The smallest absolute Gasteiger partial charge is 0.260 e. The van der Waals surface area contributed by atoms with Crippen molar-refractivity contribution in [2.24, 2.45) is 0 Å². The Hall–Kier alpha value is -1.27. The Balaban J connectivity index is 3.15. The van der Waals surface area contributed by atoms with Crippen LogP contribution in [0.25, 0.3) is 0 Å². The van der Waals surface area contributed by atoms with E-state index in [1.54, 1.807) is 0 Å². The molecule has 15 heavy (non-hydrogen) atoms. The number of rotatable bonds is 1. The number of aromatic nitrogens is 1. The second-order valence-electron chi connectivity index (χ2n) is 2.77. The van der Waals surface area contributed by atoms with Crippen LogP contribution in [-0.4, -0.2) is 17.3 Å². The van der Waals surface area contributed by atoms with Gasteiger partial charge in [0.05, 0.1) is 5.69 Å². The van der Waals surface area contributed by atoms with Crippen LogP contribution in [0, 0.1) is 0 Å². The van der Waals surface area contributed by atoms with Crippen molar-refractivity contribution in [1.82, 2.24) is 4.98 Å². The molecule has 0 aromatic carbocycles. The molecule has 1 rings (SSSR count). The van der Waals surface area contributed by atoms with Gasteiger partial charge < -0.3 is 0 Å². The van der Waals surface area contributed by atoms with Gasteiger partial charge in [-0.25, -0.2) is 0 Å². The molecule has 0 unspecified atom stereocenters. The third kappa shape index (κ3) is 2.84. The molecule has 7 heteroatoms. The van der Waals surface area contributed by atoms with Gasteiger partial charge >= 0.3 is 12.4 Å². The van der Waals surface area contributed by atoms with E-state index in [0.29, 0.717) is 6.07 Å². The van der Waals surface area contributed by atoms with Gasteiger partial charge in [0.2, 0.25) is 0 Å². The lowest BCUT2D eigenvalue weighted by molar-refractivity contribution is -0.254. The maximum absolute atomic E-state index is 12.1. The highest BCUT2D eigenvalue weighted by Gasteiger charge is 2.58. The van der Waals surface area contributed by atoms with Crippen LogP contribution in [0.3, 0.4) is 0 Å². The first-order valence-corrected chi connectivity index (χ1v) is 3.77. The van der Waals surface area contributed by atoms with Crippen LogP contribution >= 0.6 is 0 Å². The number of alkyl halides is 6. The summed E-state index contributed by atoms with van der Waals surface area (Å²) < 4.78 is 72.9. The molecule has 1 aromatic heterocycles. The van der Waals surface area contributed by atoms with Crippen LogP contribution in [0.15, 0.2) is 24.4 Å². The summed E-state index contributed by atoms with van der Waals surface area (Å²) in [7, 11) is 0. The van der Waals surface area contributed by atoms with E-state index in [1.165, 1.54) is 6.07 Å². The fourth-order valence-electron chi connectivity index (χ4n) is 1.07. The Morgan fingerprint density at radius 1 is 0.933 bits per heavy atom. The van der Waals surface area contributed by atoms with Crippen LogP contribution < -0.4 is 0 Å². The monoisotopic (exact) mass is 229 g/mol. The lowest BCUT2D eigenvalue weighted by Crippen LogP contribution is -2.34. The van der Waals surface area contributed by atoms with Crippen LogP contribution in [0.1, 0.15) is 11.6 Å². The molecular formula is C8H5F6N. The molecule has 0 amide bonds. The topological polar surface area (TPSA) is 12.9 Å². The summed E-state index contributed by atoms with van der Waals surface area (Å²) in [6.07, 6.45) is -9.88. The van der Waals surface area contributed by atoms with E-state index in [0.717, 1.165) is 12.3 Å².